The van der Waals surface area contributed by atoms with Crippen LogP contribution in [0.5, 0.6) is 0 Å². The Hall–Kier alpha value is -1.65. The summed E-state index contributed by atoms with van der Waals surface area (Å²) in [5.41, 5.74) is 0.900. The van der Waals surface area contributed by atoms with Gasteiger partial charge in [0.05, 0.1) is 6.42 Å². The molecule has 2 rings (SSSR count). The zero-order valence-electron chi connectivity index (χ0n) is 9.11. The summed E-state index contributed by atoms with van der Waals surface area (Å²) in [5.74, 6) is 1.37. The van der Waals surface area contributed by atoms with E-state index in [1.165, 1.54) is 0 Å². The predicted molar refractivity (Wildman–Crippen MR) is 57.9 cm³/mol. The van der Waals surface area contributed by atoms with Crippen LogP contribution in [0.15, 0.2) is 6.20 Å². The first-order valence-electron chi connectivity index (χ1n) is 4.97. The van der Waals surface area contributed by atoms with Crippen molar-refractivity contribution in [2.45, 2.75) is 26.3 Å². The van der Waals surface area contributed by atoms with Crippen molar-refractivity contribution < 1.29 is 4.79 Å². The predicted octanol–water partition coefficient (Wildman–Crippen LogP) is 0.816. The number of carbonyl (C=O) groups excluding carboxylic acids is 1. The highest BCUT2D eigenvalue weighted by atomic mass is 16.2. The van der Waals surface area contributed by atoms with Crippen LogP contribution in [-0.4, -0.2) is 29.0 Å². The van der Waals surface area contributed by atoms with Crippen molar-refractivity contribution in [1.29, 1.82) is 0 Å². The van der Waals surface area contributed by atoms with Crippen LogP contribution < -0.4 is 10.2 Å². The molecule has 0 saturated carbocycles. The van der Waals surface area contributed by atoms with Gasteiger partial charge in [0.25, 0.3) is 0 Å². The molecule has 1 aliphatic heterocycles. The summed E-state index contributed by atoms with van der Waals surface area (Å²) in [5, 5.41) is 3.11. The lowest BCUT2D eigenvalue weighted by Gasteiger charge is -2.11. The molecule has 0 saturated heterocycles. The lowest BCUT2D eigenvalue weighted by Crippen LogP contribution is -2.22. The summed E-state index contributed by atoms with van der Waals surface area (Å²) in [6, 6.07) is 0.283. The second-order valence-corrected chi connectivity index (χ2v) is 3.97. The number of hydrogen-bond donors (Lipinski definition) is 1. The molecule has 0 aliphatic carbocycles. The first-order chi connectivity index (χ1) is 7.08. The van der Waals surface area contributed by atoms with E-state index >= 15 is 0 Å². The molecule has 2 heterocycles. The third-order valence-electron chi connectivity index (χ3n) is 2.29. The molecule has 15 heavy (non-hydrogen) atoms. The van der Waals surface area contributed by atoms with Crippen molar-refractivity contribution in [3.05, 3.63) is 11.8 Å². The summed E-state index contributed by atoms with van der Waals surface area (Å²) in [7, 11) is 1.74. The Balaban J connectivity index is 2.31. The molecule has 1 aromatic heterocycles. The molecule has 1 aromatic rings. The van der Waals surface area contributed by atoms with Gasteiger partial charge in [-0.2, -0.15) is 4.98 Å². The third-order valence-corrected chi connectivity index (χ3v) is 2.29. The zero-order chi connectivity index (χ0) is 11.0. The molecule has 0 spiro atoms. The monoisotopic (exact) mass is 206 g/mol. The third kappa shape index (κ3) is 1.77. The summed E-state index contributed by atoms with van der Waals surface area (Å²) < 4.78 is 0. The highest BCUT2D eigenvalue weighted by Crippen LogP contribution is 2.25. The highest BCUT2D eigenvalue weighted by molar-refractivity contribution is 5.99. The first kappa shape index (κ1) is 9.89. The lowest BCUT2D eigenvalue weighted by atomic mass is 10.3. The molecule has 0 atom stereocenters. The van der Waals surface area contributed by atoms with Crippen molar-refractivity contribution in [3.63, 3.8) is 0 Å². The minimum Gasteiger partial charge on any atom is -0.352 e. The fourth-order valence-corrected chi connectivity index (χ4v) is 1.54. The maximum Gasteiger partial charge on any atom is 0.232 e. The fraction of sp³-hybridized carbons (Fsp3) is 0.500. The summed E-state index contributed by atoms with van der Waals surface area (Å²) in [6.07, 6.45) is 2.13. The molecule has 1 amide bonds. The number of carbonyl (C=O) groups is 1. The first-order valence-corrected chi connectivity index (χ1v) is 4.97. The molecule has 0 bridgehead atoms. The van der Waals surface area contributed by atoms with Gasteiger partial charge in [-0.3, -0.25) is 9.69 Å². The molecule has 5 nitrogen and oxygen atoms in total. The number of rotatable bonds is 2. The molecular weight excluding hydrogens is 192 g/mol. The van der Waals surface area contributed by atoms with E-state index in [-0.39, 0.29) is 11.9 Å². The Labute approximate surface area is 88.5 Å². The van der Waals surface area contributed by atoms with E-state index in [1.54, 1.807) is 18.1 Å². The SMILES string of the molecule is CC(C)Nc1ncc2c(n1)N(C)C(=O)C2. The van der Waals surface area contributed by atoms with Crippen LogP contribution in [0.4, 0.5) is 11.8 Å². The number of amides is 1. The van der Waals surface area contributed by atoms with Crippen LogP contribution in [0.2, 0.25) is 0 Å². The molecule has 0 aromatic carbocycles. The summed E-state index contributed by atoms with van der Waals surface area (Å²) in [4.78, 5) is 21.4. The molecule has 0 radical (unpaired) electrons. The topological polar surface area (TPSA) is 58.1 Å². The van der Waals surface area contributed by atoms with Gasteiger partial charge in [-0.05, 0) is 13.8 Å². The van der Waals surface area contributed by atoms with Gasteiger partial charge in [0.15, 0.2) is 0 Å². The Bertz CT molecular complexity index is 402. The molecular formula is C10H14N4O. The quantitative estimate of drug-likeness (QED) is 0.778. The molecule has 0 unspecified atom stereocenters. The van der Waals surface area contributed by atoms with Crippen LogP contribution in [0.3, 0.4) is 0 Å². The minimum absolute atomic E-state index is 0.0704. The number of nitrogens with zero attached hydrogens (tertiary/aromatic N) is 3. The van der Waals surface area contributed by atoms with Crippen LogP contribution in [-0.2, 0) is 11.2 Å². The van der Waals surface area contributed by atoms with E-state index in [0.717, 1.165) is 11.4 Å². The Morgan fingerprint density at radius 2 is 2.27 bits per heavy atom. The van der Waals surface area contributed by atoms with Crippen molar-refractivity contribution in [3.8, 4) is 0 Å². The molecule has 5 heteroatoms. The standard InChI is InChI=1S/C10H14N4O/c1-6(2)12-10-11-5-7-4-8(15)14(3)9(7)13-10/h5-6H,4H2,1-3H3,(H,11,12,13). The van der Waals surface area contributed by atoms with E-state index in [4.69, 9.17) is 0 Å². The summed E-state index contributed by atoms with van der Waals surface area (Å²) in [6.45, 7) is 4.04. The van der Waals surface area contributed by atoms with Gasteiger partial charge < -0.3 is 5.32 Å². The second kappa shape index (κ2) is 3.49. The maximum absolute atomic E-state index is 11.4. The number of nitrogens with one attached hydrogen (secondary N) is 1. The van der Waals surface area contributed by atoms with Crippen molar-refractivity contribution >= 4 is 17.7 Å². The molecule has 0 fully saturated rings. The highest BCUT2D eigenvalue weighted by Gasteiger charge is 2.26. The minimum atomic E-state index is 0.0704. The van der Waals surface area contributed by atoms with Gasteiger partial charge in [-0.15, -0.1) is 0 Å². The smallest absolute Gasteiger partial charge is 0.232 e. The van der Waals surface area contributed by atoms with Gasteiger partial charge in [-0.25, -0.2) is 4.98 Å². The fourth-order valence-electron chi connectivity index (χ4n) is 1.54. The molecule has 1 aliphatic rings. The molecule has 1 N–H and O–H groups in total. The number of anilines is 2. The van der Waals surface area contributed by atoms with Gasteiger partial charge >= 0.3 is 0 Å². The summed E-state index contributed by atoms with van der Waals surface area (Å²) >= 11 is 0. The van der Waals surface area contributed by atoms with Gasteiger partial charge in [-0.1, -0.05) is 0 Å². The maximum atomic E-state index is 11.4. The van der Waals surface area contributed by atoms with Crippen molar-refractivity contribution in [2.75, 3.05) is 17.3 Å². The lowest BCUT2D eigenvalue weighted by molar-refractivity contribution is -0.117. The van der Waals surface area contributed by atoms with Gasteiger partial charge in [0.2, 0.25) is 11.9 Å². The van der Waals surface area contributed by atoms with Crippen LogP contribution in [0.25, 0.3) is 0 Å². The van der Waals surface area contributed by atoms with Crippen molar-refractivity contribution in [1.82, 2.24) is 9.97 Å². The Kier molecular flexibility index (Phi) is 2.30. The van der Waals surface area contributed by atoms with E-state index in [1.807, 2.05) is 13.8 Å². The van der Waals surface area contributed by atoms with Crippen molar-refractivity contribution in [2.24, 2.45) is 0 Å². The number of hydrogen-bond acceptors (Lipinski definition) is 4. The van der Waals surface area contributed by atoms with Crippen LogP contribution in [0, 0.1) is 0 Å². The second-order valence-electron chi connectivity index (χ2n) is 3.97. The largest absolute Gasteiger partial charge is 0.352 e. The molecule has 80 valence electrons. The zero-order valence-corrected chi connectivity index (χ0v) is 9.11. The Morgan fingerprint density at radius 3 is 2.93 bits per heavy atom. The van der Waals surface area contributed by atoms with Gasteiger partial charge in [0, 0.05) is 24.8 Å². The normalized spacial score (nSPS) is 14.7. The number of likely N-dealkylation sites (N-methyl/N-ethyl adjacent to an activating group) is 1. The van der Waals surface area contributed by atoms with E-state index in [0.29, 0.717) is 12.4 Å². The van der Waals surface area contributed by atoms with E-state index in [2.05, 4.69) is 15.3 Å². The van der Waals surface area contributed by atoms with Crippen LogP contribution >= 0.6 is 0 Å². The van der Waals surface area contributed by atoms with Gasteiger partial charge in [0.1, 0.15) is 5.82 Å². The Morgan fingerprint density at radius 1 is 1.53 bits per heavy atom. The van der Waals surface area contributed by atoms with E-state index in [9.17, 15) is 4.79 Å². The number of aromatic nitrogens is 2. The van der Waals surface area contributed by atoms with E-state index < -0.39 is 0 Å². The number of fused-ring (bicyclic) bond motifs is 1. The average Bonchev–Trinajstić information content (AvgIpc) is 2.43. The van der Waals surface area contributed by atoms with Crippen LogP contribution in [0.1, 0.15) is 19.4 Å². The average molecular weight is 206 g/mol.